The largest absolute Gasteiger partial charge is 0.372 e. The average molecular weight is 528 g/mol. The normalized spacial score (nSPS) is 13.5. The molecule has 0 saturated carbocycles. The van der Waals surface area contributed by atoms with Crippen LogP contribution in [0.25, 0.3) is 44.8 Å². The van der Waals surface area contributed by atoms with E-state index in [1.165, 1.54) is 24.9 Å². The summed E-state index contributed by atoms with van der Waals surface area (Å²) in [6.07, 6.45) is 5.94. The Morgan fingerprint density at radius 3 is 2.31 bits per heavy atom. The van der Waals surface area contributed by atoms with Gasteiger partial charge in [-0.05, 0) is 49.6 Å². The maximum absolute atomic E-state index is 5.09. The van der Waals surface area contributed by atoms with Crippen molar-refractivity contribution in [3.8, 4) is 33.9 Å². The third-order valence-electron chi connectivity index (χ3n) is 6.53. The SMILES string of the molecule is Brc1ccc2[nH]cc(-c3nc(-c4ccccc4)c(-c4ccc(N5CCCCC5)cc4)[nH]3)c2c1.CC. The zero-order valence-corrected chi connectivity index (χ0v) is 21.9. The van der Waals surface area contributed by atoms with E-state index in [4.69, 9.17) is 4.98 Å². The first-order valence-electron chi connectivity index (χ1n) is 12.5. The van der Waals surface area contributed by atoms with Gasteiger partial charge in [0.05, 0.1) is 11.4 Å². The lowest BCUT2D eigenvalue weighted by Gasteiger charge is -2.28. The highest BCUT2D eigenvalue weighted by atomic mass is 79.9. The zero-order chi connectivity index (χ0) is 24.2. The Morgan fingerprint density at radius 1 is 0.829 bits per heavy atom. The van der Waals surface area contributed by atoms with Gasteiger partial charge in [-0.25, -0.2) is 4.98 Å². The van der Waals surface area contributed by atoms with Gasteiger partial charge < -0.3 is 14.9 Å². The number of nitrogens with zero attached hydrogens (tertiary/aromatic N) is 2. The van der Waals surface area contributed by atoms with Crippen LogP contribution in [0.2, 0.25) is 0 Å². The number of fused-ring (bicyclic) bond motifs is 1. The van der Waals surface area contributed by atoms with Crippen molar-refractivity contribution in [3.63, 3.8) is 0 Å². The van der Waals surface area contributed by atoms with Crippen LogP contribution in [0.1, 0.15) is 33.1 Å². The molecule has 0 atom stereocenters. The predicted molar refractivity (Wildman–Crippen MR) is 152 cm³/mol. The molecule has 2 aromatic heterocycles. The van der Waals surface area contributed by atoms with Crippen LogP contribution < -0.4 is 4.90 Å². The monoisotopic (exact) mass is 526 g/mol. The number of aromatic nitrogens is 3. The Kier molecular flexibility index (Phi) is 7.05. The van der Waals surface area contributed by atoms with Crippen molar-refractivity contribution in [1.29, 1.82) is 0 Å². The number of nitrogens with one attached hydrogen (secondary N) is 2. The summed E-state index contributed by atoms with van der Waals surface area (Å²) in [4.78, 5) is 14.6. The molecule has 1 aliphatic heterocycles. The van der Waals surface area contributed by atoms with Crippen LogP contribution in [0, 0.1) is 0 Å². The third-order valence-corrected chi connectivity index (χ3v) is 7.02. The lowest BCUT2D eigenvalue weighted by Crippen LogP contribution is -2.29. The molecular weight excluding hydrogens is 496 g/mol. The fourth-order valence-electron chi connectivity index (χ4n) is 4.79. The van der Waals surface area contributed by atoms with Crippen molar-refractivity contribution < 1.29 is 0 Å². The van der Waals surface area contributed by atoms with Gasteiger partial charge in [0.2, 0.25) is 0 Å². The zero-order valence-electron chi connectivity index (χ0n) is 20.3. The van der Waals surface area contributed by atoms with Crippen molar-refractivity contribution in [2.24, 2.45) is 0 Å². The summed E-state index contributed by atoms with van der Waals surface area (Å²) < 4.78 is 1.05. The van der Waals surface area contributed by atoms with E-state index in [1.807, 2.05) is 26.1 Å². The highest BCUT2D eigenvalue weighted by molar-refractivity contribution is 9.10. The number of imidazole rings is 1. The average Bonchev–Trinajstić information content (AvgIpc) is 3.55. The number of anilines is 1. The first-order chi connectivity index (χ1) is 17.3. The molecule has 5 heteroatoms. The fourth-order valence-corrected chi connectivity index (χ4v) is 5.16. The van der Waals surface area contributed by atoms with Crippen LogP contribution in [-0.2, 0) is 0 Å². The summed E-state index contributed by atoms with van der Waals surface area (Å²) in [6.45, 7) is 6.30. The summed E-state index contributed by atoms with van der Waals surface area (Å²) in [5, 5.41) is 1.14. The molecule has 35 heavy (non-hydrogen) atoms. The van der Waals surface area contributed by atoms with Crippen molar-refractivity contribution in [2.75, 3.05) is 18.0 Å². The first kappa shape index (κ1) is 23.4. The second-order valence-electron chi connectivity index (χ2n) is 8.66. The molecule has 2 N–H and O–H groups in total. The van der Waals surface area contributed by atoms with Gasteiger partial charge in [-0.1, -0.05) is 72.2 Å². The molecule has 178 valence electrons. The maximum Gasteiger partial charge on any atom is 0.140 e. The molecule has 0 amide bonds. The van der Waals surface area contributed by atoms with Crippen molar-refractivity contribution >= 4 is 32.5 Å². The molecule has 6 rings (SSSR count). The molecule has 0 spiro atoms. The third kappa shape index (κ3) is 4.78. The number of H-pyrrole nitrogens is 2. The molecular formula is C30H31BrN4. The standard InChI is InChI=1S/C28H25BrN4.C2H6/c29-21-11-14-25-23(17-21)24(18-30-25)28-31-26(19-7-3-1-4-8-19)27(32-28)20-9-12-22(13-10-20)33-15-5-2-6-16-33;1-2/h1,3-4,7-14,17-18,30H,2,5-6,15-16H2,(H,31,32);1-2H3. The summed E-state index contributed by atoms with van der Waals surface area (Å²) in [7, 11) is 0. The molecule has 0 bridgehead atoms. The summed E-state index contributed by atoms with van der Waals surface area (Å²) in [5.41, 5.74) is 7.75. The Labute approximate surface area is 215 Å². The lowest BCUT2D eigenvalue weighted by atomic mass is 10.0. The van der Waals surface area contributed by atoms with E-state index in [0.717, 1.165) is 62.4 Å². The van der Waals surface area contributed by atoms with Crippen LogP contribution >= 0.6 is 15.9 Å². The highest BCUT2D eigenvalue weighted by Crippen LogP contribution is 2.36. The Balaban J connectivity index is 0.00000124. The maximum atomic E-state index is 5.09. The quantitative estimate of drug-likeness (QED) is 0.246. The van der Waals surface area contributed by atoms with E-state index >= 15 is 0 Å². The summed E-state index contributed by atoms with van der Waals surface area (Å²) in [6, 6.07) is 25.6. The minimum Gasteiger partial charge on any atom is -0.372 e. The van der Waals surface area contributed by atoms with E-state index in [-0.39, 0.29) is 0 Å². The van der Waals surface area contributed by atoms with Crippen LogP contribution in [0.4, 0.5) is 5.69 Å². The van der Waals surface area contributed by atoms with Crippen LogP contribution in [0.5, 0.6) is 0 Å². The van der Waals surface area contributed by atoms with Gasteiger partial charge in [0.25, 0.3) is 0 Å². The number of aromatic amines is 2. The summed E-state index contributed by atoms with van der Waals surface area (Å²) in [5.74, 6) is 0.869. The summed E-state index contributed by atoms with van der Waals surface area (Å²) >= 11 is 3.61. The van der Waals surface area contributed by atoms with E-state index in [9.17, 15) is 0 Å². The van der Waals surface area contributed by atoms with E-state index < -0.39 is 0 Å². The number of rotatable bonds is 4. The van der Waals surface area contributed by atoms with Gasteiger partial charge >= 0.3 is 0 Å². The van der Waals surface area contributed by atoms with E-state index in [0.29, 0.717) is 0 Å². The van der Waals surface area contributed by atoms with Crippen LogP contribution in [-0.4, -0.2) is 28.0 Å². The molecule has 1 fully saturated rings. The second-order valence-corrected chi connectivity index (χ2v) is 9.58. The van der Waals surface area contributed by atoms with Gasteiger partial charge in [-0.15, -0.1) is 0 Å². The van der Waals surface area contributed by atoms with Gasteiger partial charge in [-0.2, -0.15) is 0 Å². The fraction of sp³-hybridized carbons (Fsp3) is 0.233. The van der Waals surface area contributed by atoms with Crippen molar-refractivity contribution in [2.45, 2.75) is 33.1 Å². The highest BCUT2D eigenvalue weighted by Gasteiger charge is 2.18. The predicted octanol–water partition coefficient (Wildman–Crippen LogP) is 8.67. The van der Waals surface area contributed by atoms with Gasteiger partial charge in [-0.3, -0.25) is 0 Å². The molecule has 0 radical (unpaired) electrons. The molecule has 3 aromatic carbocycles. The number of halogens is 1. The lowest BCUT2D eigenvalue weighted by molar-refractivity contribution is 0.578. The molecule has 0 unspecified atom stereocenters. The number of hydrogen-bond donors (Lipinski definition) is 2. The minimum atomic E-state index is 0.869. The second kappa shape index (κ2) is 10.5. The molecule has 3 heterocycles. The number of piperidine rings is 1. The molecule has 5 aromatic rings. The van der Waals surface area contributed by atoms with E-state index in [1.54, 1.807) is 0 Å². The number of benzene rings is 3. The van der Waals surface area contributed by atoms with Gasteiger partial charge in [0.15, 0.2) is 0 Å². The minimum absolute atomic E-state index is 0.869. The first-order valence-corrected chi connectivity index (χ1v) is 13.3. The van der Waals surface area contributed by atoms with Crippen LogP contribution in [0.3, 0.4) is 0 Å². The van der Waals surface area contributed by atoms with Crippen molar-refractivity contribution in [1.82, 2.24) is 15.0 Å². The topological polar surface area (TPSA) is 47.7 Å². The Hall–Kier alpha value is -3.31. The Bertz CT molecular complexity index is 1390. The van der Waals surface area contributed by atoms with Gasteiger partial charge in [0, 0.05) is 57.0 Å². The van der Waals surface area contributed by atoms with Gasteiger partial charge in [0.1, 0.15) is 5.82 Å². The molecule has 0 aliphatic carbocycles. The molecule has 4 nitrogen and oxygen atoms in total. The smallest absolute Gasteiger partial charge is 0.140 e. The molecule has 1 aliphatic rings. The number of hydrogen-bond acceptors (Lipinski definition) is 2. The van der Waals surface area contributed by atoms with Crippen molar-refractivity contribution in [3.05, 3.63) is 83.5 Å². The molecule has 1 saturated heterocycles. The Morgan fingerprint density at radius 2 is 1.57 bits per heavy atom. The van der Waals surface area contributed by atoms with Crippen LogP contribution in [0.15, 0.2) is 83.5 Å². The van der Waals surface area contributed by atoms with E-state index in [2.05, 4.69) is 97.5 Å².